The maximum Gasteiger partial charge on any atom is 0.213 e. The molecule has 0 bridgehead atoms. The second kappa shape index (κ2) is 11.3. The average molecular weight is 513 g/mol. The number of aliphatic imine (C=N–C) groups is 1. The fourth-order valence-electron chi connectivity index (χ4n) is 4.84. The summed E-state index contributed by atoms with van der Waals surface area (Å²) in [6, 6.07) is 5.39. The number of likely N-dealkylation sites (tertiary alicyclic amines) is 1. The van der Waals surface area contributed by atoms with Crippen LogP contribution in [0.1, 0.15) is 63.4 Å². The molecule has 3 aliphatic rings. The summed E-state index contributed by atoms with van der Waals surface area (Å²) in [5.41, 5.74) is 1.14. The summed E-state index contributed by atoms with van der Waals surface area (Å²) in [4.78, 5) is 11.6. The lowest BCUT2D eigenvalue weighted by Crippen LogP contribution is -2.45. The molecule has 0 amide bonds. The molecule has 1 aromatic rings. The van der Waals surface area contributed by atoms with E-state index in [-0.39, 0.29) is 24.0 Å². The zero-order valence-corrected chi connectivity index (χ0v) is 19.9. The molecule has 2 N–H and O–H groups in total. The van der Waals surface area contributed by atoms with Crippen molar-refractivity contribution in [3.63, 3.8) is 0 Å². The fourth-order valence-corrected chi connectivity index (χ4v) is 4.84. The monoisotopic (exact) mass is 513 g/mol. The van der Waals surface area contributed by atoms with E-state index >= 15 is 0 Å². The molecule has 1 aliphatic heterocycles. The molecule has 1 saturated heterocycles. The first kappa shape index (κ1) is 22.6. The minimum absolute atomic E-state index is 0. The number of pyridine rings is 1. The van der Waals surface area contributed by atoms with E-state index in [0.29, 0.717) is 12.1 Å². The number of aromatic nitrogens is 1. The molecule has 4 rings (SSSR count). The Hall–Kier alpha value is -1.09. The van der Waals surface area contributed by atoms with Crippen molar-refractivity contribution in [1.29, 1.82) is 0 Å². The van der Waals surface area contributed by atoms with E-state index in [9.17, 15) is 0 Å². The first-order chi connectivity index (χ1) is 13.8. The van der Waals surface area contributed by atoms with Gasteiger partial charge in [0, 0.05) is 51.0 Å². The maximum absolute atomic E-state index is 5.95. The third-order valence-corrected chi connectivity index (χ3v) is 6.47. The Kier molecular flexibility index (Phi) is 8.84. The molecule has 1 atom stereocenters. The highest BCUT2D eigenvalue weighted by Crippen LogP contribution is 2.26. The molecule has 162 valence electrons. The van der Waals surface area contributed by atoms with Gasteiger partial charge >= 0.3 is 0 Å². The number of rotatable bonds is 6. The van der Waals surface area contributed by atoms with Crippen LogP contribution in [0.2, 0.25) is 0 Å². The summed E-state index contributed by atoms with van der Waals surface area (Å²) in [5.74, 6) is 1.63. The lowest BCUT2D eigenvalue weighted by Gasteiger charge is -2.24. The van der Waals surface area contributed by atoms with Crippen LogP contribution < -0.4 is 15.4 Å². The highest BCUT2D eigenvalue weighted by Gasteiger charge is 2.30. The lowest BCUT2D eigenvalue weighted by molar-refractivity contribution is 0.201. The van der Waals surface area contributed by atoms with Gasteiger partial charge in [-0.2, -0.15) is 0 Å². The van der Waals surface area contributed by atoms with Crippen molar-refractivity contribution in [3.8, 4) is 5.88 Å². The summed E-state index contributed by atoms with van der Waals surface area (Å²) < 4.78 is 5.95. The van der Waals surface area contributed by atoms with Crippen molar-refractivity contribution in [2.75, 3.05) is 20.1 Å². The van der Waals surface area contributed by atoms with Crippen LogP contribution in [0.5, 0.6) is 5.88 Å². The summed E-state index contributed by atoms with van der Waals surface area (Å²) in [6.45, 7) is 3.07. The minimum atomic E-state index is 0. The van der Waals surface area contributed by atoms with Crippen LogP contribution in [0.15, 0.2) is 23.3 Å². The smallest absolute Gasteiger partial charge is 0.213 e. The van der Waals surface area contributed by atoms with Gasteiger partial charge in [0.1, 0.15) is 6.10 Å². The number of nitrogens with zero attached hydrogens (tertiary/aromatic N) is 3. The molecule has 3 fully saturated rings. The van der Waals surface area contributed by atoms with Gasteiger partial charge in [0.05, 0.1) is 0 Å². The Morgan fingerprint density at radius 1 is 1.14 bits per heavy atom. The van der Waals surface area contributed by atoms with Gasteiger partial charge in [-0.15, -0.1) is 24.0 Å². The van der Waals surface area contributed by atoms with Gasteiger partial charge in [-0.05, 0) is 50.5 Å². The van der Waals surface area contributed by atoms with Crippen molar-refractivity contribution in [2.45, 2.75) is 82.5 Å². The zero-order valence-electron chi connectivity index (χ0n) is 17.6. The Morgan fingerprint density at radius 2 is 1.90 bits per heavy atom. The zero-order chi connectivity index (χ0) is 19.2. The number of hydrogen-bond donors (Lipinski definition) is 2. The summed E-state index contributed by atoms with van der Waals surface area (Å²) in [6.07, 6.45) is 13.9. The Labute approximate surface area is 192 Å². The molecular weight excluding hydrogens is 477 g/mol. The fraction of sp³-hybridized carbons (Fsp3) is 0.727. The van der Waals surface area contributed by atoms with Gasteiger partial charge in [-0.25, -0.2) is 4.98 Å². The van der Waals surface area contributed by atoms with Crippen molar-refractivity contribution in [3.05, 3.63) is 23.9 Å². The molecule has 2 saturated carbocycles. The predicted octanol–water partition coefficient (Wildman–Crippen LogP) is 3.70. The highest BCUT2D eigenvalue weighted by molar-refractivity contribution is 14.0. The standard InChI is InChI=1S/C22H35N5O.HI/c1-23-22(26-18-12-13-27(16-18)19-6-2-3-7-19)25-15-17-10-11-21(24-14-17)28-20-8-4-5-9-20;/h10-11,14,18-20H,2-9,12-13,15-16H2,1H3,(H2,23,25,26);1H. The van der Waals surface area contributed by atoms with Crippen molar-refractivity contribution >= 4 is 29.9 Å². The molecule has 1 aromatic heterocycles. The summed E-state index contributed by atoms with van der Waals surface area (Å²) >= 11 is 0. The quantitative estimate of drug-likeness (QED) is 0.345. The number of halogens is 1. The Morgan fingerprint density at radius 3 is 2.59 bits per heavy atom. The number of hydrogen-bond acceptors (Lipinski definition) is 4. The van der Waals surface area contributed by atoms with Crippen molar-refractivity contribution in [2.24, 2.45) is 4.99 Å². The molecule has 7 heteroatoms. The van der Waals surface area contributed by atoms with E-state index in [1.807, 2.05) is 19.3 Å². The summed E-state index contributed by atoms with van der Waals surface area (Å²) in [5, 5.41) is 7.03. The minimum Gasteiger partial charge on any atom is -0.474 e. The molecule has 29 heavy (non-hydrogen) atoms. The van der Waals surface area contributed by atoms with E-state index in [1.54, 1.807) is 0 Å². The van der Waals surface area contributed by atoms with Crippen LogP contribution in [0, 0.1) is 0 Å². The number of guanidine groups is 1. The normalized spacial score (nSPS) is 23.9. The van der Waals surface area contributed by atoms with Gasteiger partial charge in [0.2, 0.25) is 5.88 Å². The second-order valence-electron chi connectivity index (χ2n) is 8.52. The van der Waals surface area contributed by atoms with Crippen LogP contribution in [0.3, 0.4) is 0 Å². The van der Waals surface area contributed by atoms with E-state index < -0.39 is 0 Å². The lowest BCUT2D eigenvalue weighted by atomic mass is 10.2. The van der Waals surface area contributed by atoms with Gasteiger partial charge in [-0.1, -0.05) is 18.9 Å². The maximum atomic E-state index is 5.95. The molecule has 2 heterocycles. The Balaban J connectivity index is 0.00000240. The van der Waals surface area contributed by atoms with Crippen LogP contribution in [0.4, 0.5) is 0 Å². The van der Waals surface area contributed by atoms with Gasteiger partial charge in [0.25, 0.3) is 0 Å². The summed E-state index contributed by atoms with van der Waals surface area (Å²) in [7, 11) is 1.84. The third kappa shape index (κ3) is 6.44. The molecule has 6 nitrogen and oxygen atoms in total. The van der Waals surface area contributed by atoms with Gasteiger partial charge < -0.3 is 15.4 Å². The van der Waals surface area contributed by atoms with E-state index in [4.69, 9.17) is 4.74 Å². The van der Waals surface area contributed by atoms with Crippen LogP contribution >= 0.6 is 24.0 Å². The van der Waals surface area contributed by atoms with Crippen molar-refractivity contribution in [1.82, 2.24) is 20.5 Å². The SMILES string of the molecule is CN=C(NCc1ccc(OC2CCCC2)nc1)NC1CCN(C2CCCC2)C1.I. The molecular formula is C22H36IN5O. The van der Waals surface area contributed by atoms with Gasteiger partial charge in [0.15, 0.2) is 5.96 Å². The van der Waals surface area contributed by atoms with E-state index in [1.165, 1.54) is 51.5 Å². The topological polar surface area (TPSA) is 61.8 Å². The van der Waals surface area contributed by atoms with Crippen molar-refractivity contribution < 1.29 is 4.74 Å². The first-order valence-electron chi connectivity index (χ1n) is 11.1. The number of nitrogens with one attached hydrogen (secondary N) is 2. The molecule has 0 radical (unpaired) electrons. The third-order valence-electron chi connectivity index (χ3n) is 6.47. The van der Waals surface area contributed by atoms with Crippen LogP contribution in [-0.4, -0.2) is 54.2 Å². The molecule has 1 unspecified atom stereocenters. The van der Waals surface area contributed by atoms with Crippen LogP contribution in [0.25, 0.3) is 0 Å². The molecule has 2 aliphatic carbocycles. The van der Waals surface area contributed by atoms with Gasteiger partial charge in [-0.3, -0.25) is 9.89 Å². The van der Waals surface area contributed by atoms with Crippen LogP contribution in [-0.2, 0) is 6.54 Å². The highest BCUT2D eigenvalue weighted by atomic mass is 127. The average Bonchev–Trinajstić information content (AvgIpc) is 3.48. The largest absolute Gasteiger partial charge is 0.474 e. The Bertz CT molecular complexity index is 641. The molecule has 0 spiro atoms. The van der Waals surface area contributed by atoms with E-state index in [0.717, 1.165) is 49.4 Å². The second-order valence-corrected chi connectivity index (χ2v) is 8.52. The predicted molar refractivity (Wildman–Crippen MR) is 128 cm³/mol. The number of ether oxygens (including phenoxy) is 1. The first-order valence-corrected chi connectivity index (χ1v) is 11.1. The van der Waals surface area contributed by atoms with E-state index in [2.05, 4.69) is 31.6 Å². The molecule has 0 aromatic carbocycles.